The normalized spacial score (nSPS) is 10.8. The Morgan fingerprint density at radius 2 is 1.33 bits per heavy atom. The van der Waals surface area contributed by atoms with Crippen LogP contribution in [0.25, 0.3) is 0 Å². The van der Waals surface area contributed by atoms with Crippen molar-refractivity contribution in [3.8, 4) is 0 Å². The molecular formula is C25H36IN5O2. The van der Waals surface area contributed by atoms with Gasteiger partial charge >= 0.3 is 0 Å². The van der Waals surface area contributed by atoms with Gasteiger partial charge < -0.3 is 20.4 Å². The minimum atomic E-state index is 0. The van der Waals surface area contributed by atoms with E-state index in [0.29, 0.717) is 24.2 Å². The zero-order valence-electron chi connectivity index (χ0n) is 20.2. The Kier molecular flexibility index (Phi) is 12.5. The third kappa shape index (κ3) is 9.41. The van der Waals surface area contributed by atoms with Gasteiger partial charge in [0.1, 0.15) is 0 Å². The standard InChI is InChI=1S/C25H35N5O2.HI/c1-6-26-25(27-15-13-19-9-7-11-21(17-19)23(31)29(2)3)28-16-14-20-10-8-12-22(18-20)24(32)30(4)5;/h7-12,17-18H,6,13-16H2,1-5H3,(H2,26,27,28);1H. The molecule has 0 aliphatic rings. The smallest absolute Gasteiger partial charge is 0.253 e. The second-order valence-electron chi connectivity index (χ2n) is 7.99. The third-order valence-electron chi connectivity index (χ3n) is 4.88. The maximum Gasteiger partial charge on any atom is 0.253 e. The van der Waals surface area contributed by atoms with Gasteiger partial charge in [-0.1, -0.05) is 24.3 Å². The van der Waals surface area contributed by atoms with Crippen molar-refractivity contribution in [2.75, 3.05) is 47.8 Å². The van der Waals surface area contributed by atoms with Crippen LogP contribution >= 0.6 is 24.0 Å². The highest BCUT2D eigenvalue weighted by Gasteiger charge is 2.09. The van der Waals surface area contributed by atoms with E-state index in [1.165, 1.54) is 0 Å². The summed E-state index contributed by atoms with van der Waals surface area (Å²) >= 11 is 0. The lowest BCUT2D eigenvalue weighted by Crippen LogP contribution is -2.38. The van der Waals surface area contributed by atoms with Crippen LogP contribution in [0.15, 0.2) is 53.5 Å². The van der Waals surface area contributed by atoms with Gasteiger partial charge in [0.05, 0.1) is 0 Å². The van der Waals surface area contributed by atoms with E-state index in [1.807, 2.05) is 55.5 Å². The number of amides is 2. The SMILES string of the molecule is CCNC(=NCCc1cccc(C(=O)N(C)C)c1)NCCc1cccc(C(=O)N(C)C)c1.I. The van der Waals surface area contributed by atoms with Crippen LogP contribution in [-0.4, -0.2) is 75.4 Å². The van der Waals surface area contributed by atoms with E-state index >= 15 is 0 Å². The van der Waals surface area contributed by atoms with E-state index in [1.54, 1.807) is 38.0 Å². The fourth-order valence-electron chi connectivity index (χ4n) is 3.20. The fourth-order valence-corrected chi connectivity index (χ4v) is 3.20. The molecule has 2 N–H and O–H groups in total. The molecule has 0 heterocycles. The van der Waals surface area contributed by atoms with Crippen LogP contribution < -0.4 is 10.6 Å². The highest BCUT2D eigenvalue weighted by Crippen LogP contribution is 2.09. The molecule has 2 aromatic rings. The summed E-state index contributed by atoms with van der Waals surface area (Å²) in [5, 5.41) is 6.62. The number of hydrogen-bond acceptors (Lipinski definition) is 3. The van der Waals surface area contributed by atoms with Crippen molar-refractivity contribution in [3.05, 3.63) is 70.8 Å². The van der Waals surface area contributed by atoms with Gasteiger partial charge in [-0.2, -0.15) is 0 Å². The van der Waals surface area contributed by atoms with Gasteiger partial charge in [0.15, 0.2) is 5.96 Å². The van der Waals surface area contributed by atoms with Crippen LogP contribution in [-0.2, 0) is 12.8 Å². The molecule has 7 nitrogen and oxygen atoms in total. The predicted molar refractivity (Wildman–Crippen MR) is 146 cm³/mol. The molecule has 0 spiro atoms. The molecule has 0 aromatic heterocycles. The molecule has 2 rings (SSSR count). The Bertz CT molecular complexity index is 944. The lowest BCUT2D eigenvalue weighted by Gasteiger charge is -2.13. The van der Waals surface area contributed by atoms with Gasteiger partial charge in [-0.25, -0.2) is 0 Å². The zero-order valence-corrected chi connectivity index (χ0v) is 22.6. The molecule has 33 heavy (non-hydrogen) atoms. The molecule has 0 aliphatic carbocycles. The summed E-state index contributed by atoms with van der Waals surface area (Å²) in [5.74, 6) is 0.765. The molecule has 0 radical (unpaired) electrons. The molecule has 2 aromatic carbocycles. The molecule has 8 heteroatoms. The first kappa shape index (κ1) is 28.4. The molecule has 0 aliphatic heterocycles. The second kappa shape index (κ2) is 14.5. The highest BCUT2D eigenvalue weighted by molar-refractivity contribution is 14.0. The van der Waals surface area contributed by atoms with Crippen molar-refractivity contribution in [2.24, 2.45) is 4.99 Å². The second-order valence-corrected chi connectivity index (χ2v) is 7.99. The Balaban J connectivity index is 0.00000544. The molecule has 0 fully saturated rings. The van der Waals surface area contributed by atoms with Crippen molar-refractivity contribution in [1.29, 1.82) is 0 Å². The molecule has 0 saturated carbocycles. The molecule has 180 valence electrons. The molecule has 2 amide bonds. The largest absolute Gasteiger partial charge is 0.357 e. The van der Waals surface area contributed by atoms with E-state index in [4.69, 9.17) is 0 Å². The summed E-state index contributed by atoms with van der Waals surface area (Å²) in [4.78, 5) is 32.1. The zero-order chi connectivity index (χ0) is 23.5. The first-order valence-corrected chi connectivity index (χ1v) is 10.9. The monoisotopic (exact) mass is 565 g/mol. The maximum absolute atomic E-state index is 12.2. The minimum absolute atomic E-state index is 0. The van der Waals surface area contributed by atoms with Crippen molar-refractivity contribution in [1.82, 2.24) is 20.4 Å². The van der Waals surface area contributed by atoms with Crippen LogP contribution in [0.4, 0.5) is 0 Å². The summed E-state index contributed by atoms with van der Waals surface area (Å²) < 4.78 is 0. The van der Waals surface area contributed by atoms with Crippen LogP contribution in [0, 0.1) is 0 Å². The first-order valence-electron chi connectivity index (χ1n) is 10.9. The van der Waals surface area contributed by atoms with E-state index in [-0.39, 0.29) is 35.8 Å². The number of benzene rings is 2. The number of hydrogen-bond donors (Lipinski definition) is 2. The summed E-state index contributed by atoms with van der Waals surface area (Å²) in [5.41, 5.74) is 3.57. The van der Waals surface area contributed by atoms with Crippen LogP contribution in [0.3, 0.4) is 0 Å². The summed E-state index contributed by atoms with van der Waals surface area (Å²) in [6.07, 6.45) is 1.54. The van der Waals surface area contributed by atoms with Gasteiger partial charge in [0.25, 0.3) is 11.8 Å². The van der Waals surface area contributed by atoms with Gasteiger partial charge in [-0.05, 0) is 55.2 Å². The lowest BCUT2D eigenvalue weighted by molar-refractivity contribution is 0.0820. The maximum atomic E-state index is 12.2. The number of guanidine groups is 1. The highest BCUT2D eigenvalue weighted by atomic mass is 127. The van der Waals surface area contributed by atoms with E-state index in [9.17, 15) is 9.59 Å². The number of halogens is 1. The summed E-state index contributed by atoms with van der Waals surface area (Å²) in [7, 11) is 7.02. The van der Waals surface area contributed by atoms with E-state index in [0.717, 1.165) is 36.5 Å². The molecule has 0 bridgehead atoms. The number of aliphatic imine (C=N–C) groups is 1. The van der Waals surface area contributed by atoms with Crippen LogP contribution in [0.1, 0.15) is 38.8 Å². The average Bonchev–Trinajstić information content (AvgIpc) is 2.78. The number of rotatable bonds is 9. The summed E-state index contributed by atoms with van der Waals surface area (Å²) in [6, 6.07) is 15.4. The van der Waals surface area contributed by atoms with Crippen molar-refractivity contribution in [3.63, 3.8) is 0 Å². The molecule has 0 saturated heterocycles. The summed E-state index contributed by atoms with van der Waals surface area (Å²) in [6.45, 7) is 4.12. The van der Waals surface area contributed by atoms with Crippen molar-refractivity contribution < 1.29 is 9.59 Å². The molecule has 0 atom stereocenters. The van der Waals surface area contributed by atoms with Gasteiger partial charge in [0.2, 0.25) is 0 Å². The Hall–Kier alpha value is -2.62. The quantitative estimate of drug-likeness (QED) is 0.279. The van der Waals surface area contributed by atoms with E-state index in [2.05, 4.69) is 15.6 Å². The Labute approximate surface area is 214 Å². The number of carbonyl (C=O) groups is 2. The average molecular weight is 566 g/mol. The number of carbonyl (C=O) groups excluding carboxylic acids is 2. The van der Waals surface area contributed by atoms with Crippen molar-refractivity contribution >= 4 is 41.8 Å². The molecular weight excluding hydrogens is 529 g/mol. The van der Waals surface area contributed by atoms with E-state index < -0.39 is 0 Å². The number of nitrogens with one attached hydrogen (secondary N) is 2. The Morgan fingerprint density at radius 1 is 0.818 bits per heavy atom. The predicted octanol–water partition coefficient (Wildman–Crippen LogP) is 3.05. The van der Waals surface area contributed by atoms with Gasteiger partial charge in [-0.3, -0.25) is 14.6 Å². The molecule has 0 unspecified atom stereocenters. The van der Waals surface area contributed by atoms with Crippen LogP contribution in [0.5, 0.6) is 0 Å². The van der Waals surface area contributed by atoms with Gasteiger partial charge in [-0.15, -0.1) is 24.0 Å². The van der Waals surface area contributed by atoms with Crippen molar-refractivity contribution in [2.45, 2.75) is 19.8 Å². The lowest BCUT2D eigenvalue weighted by atomic mass is 10.1. The number of nitrogens with zero attached hydrogens (tertiary/aromatic N) is 3. The third-order valence-corrected chi connectivity index (χ3v) is 4.88. The van der Waals surface area contributed by atoms with Gasteiger partial charge in [0, 0.05) is 59.0 Å². The minimum Gasteiger partial charge on any atom is -0.357 e. The van der Waals surface area contributed by atoms with Crippen LogP contribution in [0.2, 0.25) is 0 Å². The first-order chi connectivity index (χ1) is 15.3. The Morgan fingerprint density at radius 3 is 1.82 bits per heavy atom. The fraction of sp³-hybridized carbons (Fsp3) is 0.400. The topological polar surface area (TPSA) is 77.0 Å².